The van der Waals surface area contributed by atoms with Crippen molar-refractivity contribution in [2.75, 3.05) is 19.8 Å². The number of hydrogen-bond donors (Lipinski definition) is 0. The third-order valence-electron chi connectivity index (χ3n) is 5.93. The normalized spacial score (nSPS) is 21.8. The number of nitrogens with zero attached hydrogens (tertiary/aromatic N) is 1. The van der Waals surface area contributed by atoms with E-state index in [1.807, 2.05) is 0 Å². The minimum absolute atomic E-state index is 0.135. The summed E-state index contributed by atoms with van der Waals surface area (Å²) in [5, 5.41) is 0. The third kappa shape index (κ3) is 3.56. The Morgan fingerprint density at radius 3 is 2.46 bits per heavy atom. The lowest BCUT2D eigenvalue weighted by Crippen LogP contribution is -2.42. The second-order valence-corrected chi connectivity index (χ2v) is 7.63. The van der Waals surface area contributed by atoms with Crippen molar-refractivity contribution < 1.29 is 9.13 Å². The van der Waals surface area contributed by atoms with Gasteiger partial charge in [0.15, 0.2) is 0 Å². The molecule has 138 valence electrons. The summed E-state index contributed by atoms with van der Waals surface area (Å²) in [7, 11) is 0. The second kappa shape index (κ2) is 7.89. The predicted octanol–water partition coefficient (Wildman–Crippen LogP) is 5.39. The van der Waals surface area contributed by atoms with Gasteiger partial charge in [-0.05, 0) is 48.8 Å². The zero-order chi connectivity index (χ0) is 17.8. The summed E-state index contributed by atoms with van der Waals surface area (Å²) < 4.78 is 19.1. The van der Waals surface area contributed by atoms with Gasteiger partial charge < -0.3 is 4.74 Å². The summed E-state index contributed by atoms with van der Waals surface area (Å²) in [5.74, 6) is 0. The molecule has 26 heavy (non-hydrogen) atoms. The molecule has 1 saturated heterocycles. The third-order valence-corrected chi connectivity index (χ3v) is 5.93. The zero-order valence-electron chi connectivity index (χ0n) is 15.4. The number of rotatable bonds is 6. The zero-order valence-corrected chi connectivity index (χ0v) is 15.4. The summed E-state index contributed by atoms with van der Waals surface area (Å²) in [6.07, 6.45) is 4.67. The van der Waals surface area contributed by atoms with Gasteiger partial charge in [0.1, 0.15) is 0 Å². The molecular formula is C23H28FNO. The van der Waals surface area contributed by atoms with E-state index in [1.54, 1.807) is 0 Å². The van der Waals surface area contributed by atoms with Crippen molar-refractivity contribution in [2.45, 2.75) is 50.4 Å². The van der Waals surface area contributed by atoms with Gasteiger partial charge in [-0.15, -0.1) is 0 Å². The number of halogens is 1. The van der Waals surface area contributed by atoms with Crippen LogP contribution in [0.2, 0.25) is 0 Å². The van der Waals surface area contributed by atoms with Crippen molar-refractivity contribution in [1.29, 1.82) is 0 Å². The van der Waals surface area contributed by atoms with Crippen molar-refractivity contribution in [3.05, 3.63) is 71.3 Å². The van der Waals surface area contributed by atoms with Crippen LogP contribution in [0.3, 0.4) is 0 Å². The second-order valence-electron chi connectivity index (χ2n) is 7.63. The number of alkyl halides is 1. The fourth-order valence-corrected chi connectivity index (χ4v) is 4.53. The number of fused-ring (bicyclic) bond motifs is 2. The van der Waals surface area contributed by atoms with Crippen LogP contribution < -0.4 is 0 Å². The number of likely N-dealkylation sites (tertiary alicyclic amines) is 1. The van der Waals surface area contributed by atoms with Gasteiger partial charge >= 0.3 is 0 Å². The van der Waals surface area contributed by atoms with Crippen molar-refractivity contribution in [2.24, 2.45) is 0 Å². The van der Waals surface area contributed by atoms with Crippen LogP contribution in [-0.4, -0.2) is 24.7 Å². The number of unbranched alkanes of at least 4 members (excludes halogenated alkanes) is 1. The van der Waals surface area contributed by atoms with Gasteiger partial charge in [-0.3, -0.25) is 9.29 Å². The van der Waals surface area contributed by atoms with E-state index < -0.39 is 0 Å². The summed E-state index contributed by atoms with van der Waals surface area (Å²) in [6, 6.07) is 19.4. The Morgan fingerprint density at radius 2 is 1.69 bits per heavy atom. The predicted molar refractivity (Wildman–Crippen MR) is 103 cm³/mol. The minimum Gasteiger partial charge on any atom is -0.362 e. The van der Waals surface area contributed by atoms with Gasteiger partial charge in [0.25, 0.3) is 0 Å². The molecule has 2 aliphatic heterocycles. The Balaban J connectivity index is 1.44. The van der Waals surface area contributed by atoms with Crippen LogP contribution in [0.15, 0.2) is 54.6 Å². The van der Waals surface area contributed by atoms with Gasteiger partial charge in [-0.1, -0.05) is 54.6 Å². The Morgan fingerprint density at radius 1 is 0.962 bits per heavy atom. The Labute approximate surface area is 156 Å². The molecule has 2 aromatic carbocycles. The highest BCUT2D eigenvalue weighted by molar-refractivity contribution is 5.38. The molecule has 2 heterocycles. The molecule has 0 amide bonds. The lowest BCUT2D eigenvalue weighted by atomic mass is 9.83. The van der Waals surface area contributed by atoms with Gasteiger partial charge in [-0.25, -0.2) is 0 Å². The largest absolute Gasteiger partial charge is 0.362 e. The molecule has 3 heteroatoms. The van der Waals surface area contributed by atoms with Crippen molar-refractivity contribution in [3.63, 3.8) is 0 Å². The number of hydrogen-bond acceptors (Lipinski definition) is 2. The smallest absolute Gasteiger partial charge is 0.0967 e. The molecule has 4 rings (SSSR count). The molecule has 1 fully saturated rings. The first-order valence-electron chi connectivity index (χ1n) is 9.90. The molecule has 0 aliphatic carbocycles. The summed E-state index contributed by atoms with van der Waals surface area (Å²) in [5.41, 5.74) is 3.96. The Kier molecular flexibility index (Phi) is 5.37. The first-order chi connectivity index (χ1) is 12.8. The fraction of sp³-hybridized carbons (Fsp3) is 0.478. The quantitative estimate of drug-likeness (QED) is 0.646. The van der Waals surface area contributed by atoms with E-state index in [-0.39, 0.29) is 18.4 Å². The van der Waals surface area contributed by atoms with Crippen LogP contribution in [-0.2, 0) is 16.9 Å². The molecule has 2 nitrogen and oxygen atoms in total. The van der Waals surface area contributed by atoms with E-state index in [4.69, 9.17) is 4.74 Å². The Hall–Kier alpha value is -1.71. The van der Waals surface area contributed by atoms with E-state index in [2.05, 4.69) is 59.5 Å². The van der Waals surface area contributed by atoms with Crippen molar-refractivity contribution in [3.8, 4) is 0 Å². The number of piperidine rings is 1. The van der Waals surface area contributed by atoms with E-state index in [9.17, 15) is 4.39 Å². The van der Waals surface area contributed by atoms with E-state index in [0.29, 0.717) is 6.42 Å². The SMILES string of the molecule is FCCCCC1OC2(CCN(Cc3ccccc3)CC2)c2ccccc21. The van der Waals surface area contributed by atoms with Crippen LogP contribution in [0, 0.1) is 0 Å². The Bertz CT molecular complexity index is 709. The van der Waals surface area contributed by atoms with E-state index in [1.165, 1.54) is 16.7 Å². The number of benzene rings is 2. The summed E-state index contributed by atoms with van der Waals surface area (Å²) in [6.45, 7) is 2.90. The van der Waals surface area contributed by atoms with Crippen molar-refractivity contribution >= 4 is 0 Å². The van der Waals surface area contributed by atoms with Gasteiger partial charge in [0.05, 0.1) is 18.4 Å². The van der Waals surface area contributed by atoms with Gasteiger partial charge in [0.2, 0.25) is 0 Å². The lowest BCUT2D eigenvalue weighted by molar-refractivity contribution is -0.113. The number of ether oxygens (including phenoxy) is 1. The lowest BCUT2D eigenvalue weighted by Gasteiger charge is -2.40. The maximum absolute atomic E-state index is 12.5. The van der Waals surface area contributed by atoms with Crippen molar-refractivity contribution in [1.82, 2.24) is 4.90 Å². The molecule has 0 bridgehead atoms. The van der Waals surface area contributed by atoms with E-state index >= 15 is 0 Å². The fourth-order valence-electron chi connectivity index (χ4n) is 4.53. The topological polar surface area (TPSA) is 12.5 Å². The monoisotopic (exact) mass is 353 g/mol. The molecule has 0 N–H and O–H groups in total. The highest BCUT2D eigenvalue weighted by atomic mass is 19.1. The van der Waals surface area contributed by atoms with Crippen LogP contribution in [0.1, 0.15) is 54.9 Å². The molecule has 2 aromatic rings. The first-order valence-corrected chi connectivity index (χ1v) is 9.90. The van der Waals surface area contributed by atoms with Crippen LogP contribution >= 0.6 is 0 Å². The maximum atomic E-state index is 12.5. The van der Waals surface area contributed by atoms with Gasteiger partial charge in [0, 0.05) is 19.6 Å². The molecule has 2 aliphatic rings. The highest BCUT2D eigenvalue weighted by Gasteiger charge is 2.46. The van der Waals surface area contributed by atoms with Crippen LogP contribution in [0.5, 0.6) is 0 Å². The van der Waals surface area contributed by atoms with Gasteiger partial charge in [-0.2, -0.15) is 0 Å². The molecule has 0 radical (unpaired) electrons. The van der Waals surface area contributed by atoms with Crippen LogP contribution in [0.25, 0.3) is 0 Å². The maximum Gasteiger partial charge on any atom is 0.0967 e. The average Bonchev–Trinajstić information content (AvgIpc) is 2.99. The minimum atomic E-state index is -0.228. The molecule has 1 atom stereocenters. The molecular weight excluding hydrogens is 325 g/mol. The standard InChI is InChI=1S/C23H28FNO/c24-15-7-6-12-22-20-10-4-5-11-21(20)23(26-22)13-16-25(17-14-23)18-19-8-2-1-3-9-19/h1-5,8-11,22H,6-7,12-18H2. The summed E-state index contributed by atoms with van der Waals surface area (Å²) in [4.78, 5) is 2.53. The highest BCUT2D eigenvalue weighted by Crippen LogP contribution is 2.50. The average molecular weight is 353 g/mol. The van der Waals surface area contributed by atoms with E-state index in [0.717, 1.165) is 45.3 Å². The summed E-state index contributed by atoms with van der Waals surface area (Å²) >= 11 is 0. The molecule has 1 unspecified atom stereocenters. The molecule has 1 spiro atoms. The molecule has 0 saturated carbocycles. The van der Waals surface area contributed by atoms with Crippen LogP contribution in [0.4, 0.5) is 4.39 Å². The molecule has 0 aromatic heterocycles. The first kappa shape index (κ1) is 17.7.